The second-order valence-electron chi connectivity index (χ2n) is 8.74. The maximum Gasteiger partial charge on any atom is 0.337 e. The summed E-state index contributed by atoms with van der Waals surface area (Å²) < 4.78 is 23.7. The Kier molecular flexibility index (Phi) is 6.25. The Morgan fingerprint density at radius 1 is 0.864 bits per heavy atom. The zero-order valence-electron chi connectivity index (χ0n) is 15.5. The average Bonchev–Trinajstić information content (AvgIpc) is 2.49. The van der Waals surface area contributed by atoms with Crippen LogP contribution in [-0.4, -0.2) is 55.8 Å². The number of hydrogen-bond donors (Lipinski definition) is 0. The molecule has 0 N–H and O–H groups in total. The van der Waals surface area contributed by atoms with E-state index in [-0.39, 0.29) is 18.2 Å². The van der Waals surface area contributed by atoms with Crippen molar-refractivity contribution >= 4 is 30.9 Å². The Bertz CT molecular complexity index is 395. The molecule has 0 saturated carbocycles. The molecular formula is C14H32O5Si3. The number of hydrogen-bond acceptors (Lipinski definition) is 5. The number of ether oxygens (including phenoxy) is 1. The fourth-order valence-corrected chi connectivity index (χ4v) is 4.86. The fourth-order valence-electron chi connectivity index (χ4n) is 2.12. The van der Waals surface area contributed by atoms with Crippen LogP contribution >= 0.6 is 0 Å². The molecule has 1 aliphatic rings. The molecule has 1 saturated heterocycles. The van der Waals surface area contributed by atoms with Gasteiger partial charge >= 0.3 is 5.97 Å². The summed E-state index contributed by atoms with van der Waals surface area (Å²) in [7, 11) is -5.37. The summed E-state index contributed by atoms with van der Waals surface area (Å²) in [4.78, 5) is 12.2. The van der Waals surface area contributed by atoms with E-state index in [1.165, 1.54) is 0 Å². The van der Waals surface area contributed by atoms with Crippen LogP contribution in [0.3, 0.4) is 0 Å². The number of cyclic esters (lactones) is 1. The predicted octanol–water partition coefficient (Wildman–Crippen LogP) is 3.20. The molecule has 0 aromatic rings. The van der Waals surface area contributed by atoms with Crippen molar-refractivity contribution in [3.63, 3.8) is 0 Å². The Hall–Kier alpha value is 0.000649. The van der Waals surface area contributed by atoms with Gasteiger partial charge in [-0.05, 0) is 58.9 Å². The highest BCUT2D eigenvalue weighted by molar-refractivity contribution is 6.70. The Balaban J connectivity index is 2.89. The first-order valence-corrected chi connectivity index (χ1v) is 18.1. The second-order valence-corrected chi connectivity index (χ2v) is 22.2. The summed E-state index contributed by atoms with van der Waals surface area (Å²) in [5, 5.41) is 0. The van der Waals surface area contributed by atoms with Gasteiger partial charge in [0.1, 0.15) is 6.10 Å². The number of carbonyl (C=O) groups excluding carboxylic acids is 1. The number of esters is 1. The van der Waals surface area contributed by atoms with E-state index in [1.54, 1.807) is 0 Å². The molecule has 0 radical (unpaired) electrons. The van der Waals surface area contributed by atoms with Gasteiger partial charge in [0, 0.05) is 0 Å². The minimum absolute atomic E-state index is 0.310. The van der Waals surface area contributed by atoms with Crippen LogP contribution in [0.5, 0.6) is 0 Å². The van der Waals surface area contributed by atoms with Crippen LogP contribution in [0, 0.1) is 0 Å². The van der Waals surface area contributed by atoms with Crippen LogP contribution < -0.4 is 0 Å². The zero-order valence-corrected chi connectivity index (χ0v) is 18.5. The molecule has 1 heterocycles. The molecule has 0 spiro atoms. The lowest BCUT2D eigenvalue weighted by atomic mass is 10.1. The first-order valence-electron chi connectivity index (χ1n) is 7.88. The third-order valence-corrected chi connectivity index (χ3v) is 5.79. The van der Waals surface area contributed by atoms with Crippen molar-refractivity contribution in [2.24, 2.45) is 0 Å². The third kappa shape index (κ3) is 7.05. The van der Waals surface area contributed by atoms with E-state index in [1.807, 2.05) is 0 Å². The Morgan fingerprint density at radius 2 is 1.36 bits per heavy atom. The van der Waals surface area contributed by atoms with Gasteiger partial charge in [0.15, 0.2) is 37.2 Å². The van der Waals surface area contributed by atoms with Gasteiger partial charge in [-0.15, -0.1) is 0 Å². The average molecular weight is 365 g/mol. The lowest BCUT2D eigenvalue weighted by molar-refractivity contribution is -0.147. The van der Waals surface area contributed by atoms with Crippen molar-refractivity contribution in [2.45, 2.75) is 77.2 Å². The van der Waals surface area contributed by atoms with Gasteiger partial charge in [0.2, 0.25) is 0 Å². The first-order chi connectivity index (χ1) is 9.68. The van der Waals surface area contributed by atoms with Crippen LogP contribution in [0.4, 0.5) is 0 Å². The van der Waals surface area contributed by atoms with E-state index in [0.717, 1.165) is 0 Å². The Labute approximate surface area is 138 Å². The molecule has 0 aromatic heterocycles. The van der Waals surface area contributed by atoms with E-state index < -0.39 is 31.1 Å². The molecule has 8 heteroatoms. The van der Waals surface area contributed by atoms with Crippen molar-refractivity contribution in [1.82, 2.24) is 0 Å². The van der Waals surface area contributed by atoms with Gasteiger partial charge in [-0.2, -0.15) is 0 Å². The van der Waals surface area contributed by atoms with Crippen molar-refractivity contribution in [1.29, 1.82) is 0 Å². The molecular weight excluding hydrogens is 332 g/mol. The molecule has 0 bridgehead atoms. The highest BCUT2D eigenvalue weighted by Crippen LogP contribution is 2.28. The maximum atomic E-state index is 12.2. The van der Waals surface area contributed by atoms with Gasteiger partial charge in [0.25, 0.3) is 0 Å². The largest absolute Gasteiger partial charge is 0.455 e. The van der Waals surface area contributed by atoms with Crippen LogP contribution in [0.2, 0.25) is 58.9 Å². The van der Waals surface area contributed by atoms with Crippen molar-refractivity contribution in [3.05, 3.63) is 0 Å². The van der Waals surface area contributed by atoms with E-state index in [4.69, 9.17) is 18.0 Å². The summed E-state index contributed by atoms with van der Waals surface area (Å²) in [5.74, 6) is -0.310. The van der Waals surface area contributed by atoms with Crippen LogP contribution in [0.1, 0.15) is 0 Å². The smallest absolute Gasteiger partial charge is 0.337 e. The molecule has 0 aromatic carbocycles. The molecule has 0 amide bonds. The normalized spacial score (nSPS) is 27.1. The lowest BCUT2D eigenvalue weighted by Gasteiger charge is -2.32. The summed E-state index contributed by atoms with van der Waals surface area (Å²) in [6, 6.07) is 0. The van der Waals surface area contributed by atoms with E-state index in [9.17, 15) is 4.79 Å². The van der Waals surface area contributed by atoms with Gasteiger partial charge in [-0.25, -0.2) is 4.79 Å². The van der Waals surface area contributed by atoms with E-state index >= 15 is 0 Å². The highest BCUT2D eigenvalue weighted by Gasteiger charge is 2.49. The quantitative estimate of drug-likeness (QED) is 0.513. The summed E-state index contributed by atoms with van der Waals surface area (Å²) in [6.45, 7) is 19.3. The summed E-state index contributed by atoms with van der Waals surface area (Å²) in [5.41, 5.74) is 0. The molecule has 1 fully saturated rings. The standard InChI is InChI=1S/C14H32O5Si3/c1-20(2,3)16-10-11-12(18-21(4,5)6)13(14(15)17-11)19-22(7,8)9/h11-13H,10H2,1-9H3/t11-,12+,13-/m0/s1. The molecule has 5 nitrogen and oxygen atoms in total. The van der Waals surface area contributed by atoms with Gasteiger partial charge in [-0.3, -0.25) is 0 Å². The molecule has 130 valence electrons. The molecule has 22 heavy (non-hydrogen) atoms. The molecule has 1 rings (SSSR count). The topological polar surface area (TPSA) is 54.0 Å². The zero-order chi connectivity index (χ0) is 17.3. The van der Waals surface area contributed by atoms with E-state index in [2.05, 4.69) is 58.9 Å². The first kappa shape index (κ1) is 20.0. The van der Waals surface area contributed by atoms with Gasteiger partial charge in [-0.1, -0.05) is 0 Å². The van der Waals surface area contributed by atoms with Crippen LogP contribution in [0.25, 0.3) is 0 Å². The van der Waals surface area contributed by atoms with Crippen LogP contribution in [0.15, 0.2) is 0 Å². The Morgan fingerprint density at radius 3 is 1.77 bits per heavy atom. The SMILES string of the molecule is C[Si](C)(C)OC[C@@H]1OC(=O)[C@@H](O[Si](C)(C)C)[C@@H]1O[Si](C)(C)C. The van der Waals surface area contributed by atoms with Gasteiger partial charge < -0.3 is 18.0 Å². The van der Waals surface area contributed by atoms with Gasteiger partial charge in [0.05, 0.1) is 6.61 Å². The van der Waals surface area contributed by atoms with Crippen molar-refractivity contribution < 1.29 is 22.8 Å². The van der Waals surface area contributed by atoms with E-state index in [0.29, 0.717) is 6.61 Å². The second kappa shape index (κ2) is 6.86. The minimum Gasteiger partial charge on any atom is -0.455 e. The summed E-state index contributed by atoms with van der Waals surface area (Å²) >= 11 is 0. The minimum atomic E-state index is -1.87. The number of rotatable bonds is 7. The highest BCUT2D eigenvalue weighted by atomic mass is 28.4. The number of carbonyl (C=O) groups is 1. The summed E-state index contributed by atoms with van der Waals surface area (Å²) in [6.07, 6.45) is -1.34. The lowest BCUT2D eigenvalue weighted by Crippen LogP contribution is -2.48. The van der Waals surface area contributed by atoms with Crippen molar-refractivity contribution in [3.8, 4) is 0 Å². The maximum absolute atomic E-state index is 12.2. The predicted molar refractivity (Wildman–Crippen MR) is 95.6 cm³/mol. The molecule has 0 unspecified atom stereocenters. The monoisotopic (exact) mass is 364 g/mol. The molecule has 0 aliphatic carbocycles. The van der Waals surface area contributed by atoms with Crippen LogP contribution in [-0.2, 0) is 22.8 Å². The third-order valence-electron chi connectivity index (χ3n) is 2.82. The molecule has 1 aliphatic heterocycles. The molecule has 3 atom stereocenters. The fraction of sp³-hybridized carbons (Fsp3) is 0.929. The van der Waals surface area contributed by atoms with Crippen molar-refractivity contribution in [2.75, 3.05) is 6.61 Å².